The molecular weight excluding hydrogens is 406 g/mol. The SMILES string of the molecule is Cc1ccn2c(C(=O)Nc3cc(-c4noc(N5CC(F)(F)C5)n4)ccc3C)cnc2c1. The molecule has 158 valence electrons. The Kier molecular flexibility index (Phi) is 4.24. The molecule has 5 rings (SSSR count). The van der Waals surface area contributed by atoms with E-state index in [1.807, 2.05) is 32.0 Å². The maximum absolute atomic E-state index is 13.1. The van der Waals surface area contributed by atoms with Gasteiger partial charge in [-0.3, -0.25) is 9.20 Å². The molecule has 10 heteroatoms. The Morgan fingerprint density at radius 1 is 1.19 bits per heavy atom. The molecule has 1 aliphatic rings. The number of nitrogens with zero attached hydrogens (tertiary/aromatic N) is 5. The minimum Gasteiger partial charge on any atom is -0.320 e. The zero-order valence-electron chi connectivity index (χ0n) is 16.8. The summed E-state index contributed by atoms with van der Waals surface area (Å²) in [6, 6.07) is 9.16. The third-order valence-corrected chi connectivity index (χ3v) is 5.18. The van der Waals surface area contributed by atoms with Gasteiger partial charge in [0.2, 0.25) is 5.82 Å². The molecule has 0 atom stereocenters. The van der Waals surface area contributed by atoms with Crippen LogP contribution in [0.1, 0.15) is 21.6 Å². The molecule has 8 nitrogen and oxygen atoms in total. The molecule has 1 aliphatic heterocycles. The third-order valence-electron chi connectivity index (χ3n) is 5.18. The van der Waals surface area contributed by atoms with Gasteiger partial charge in [0.25, 0.3) is 11.8 Å². The normalized spacial score (nSPS) is 15.2. The second kappa shape index (κ2) is 6.86. The first kappa shape index (κ1) is 19.2. The summed E-state index contributed by atoms with van der Waals surface area (Å²) >= 11 is 0. The minimum atomic E-state index is -2.73. The number of amides is 1. The quantitative estimate of drug-likeness (QED) is 0.537. The van der Waals surface area contributed by atoms with E-state index in [2.05, 4.69) is 20.4 Å². The predicted molar refractivity (Wildman–Crippen MR) is 110 cm³/mol. The number of imidazole rings is 1. The summed E-state index contributed by atoms with van der Waals surface area (Å²) in [5.74, 6) is -2.79. The van der Waals surface area contributed by atoms with Gasteiger partial charge in [-0.05, 0) is 43.2 Å². The van der Waals surface area contributed by atoms with E-state index in [1.54, 1.807) is 22.7 Å². The molecular formula is C21H18F2N6O2. The van der Waals surface area contributed by atoms with Gasteiger partial charge in [-0.2, -0.15) is 4.98 Å². The molecule has 1 fully saturated rings. The fourth-order valence-electron chi connectivity index (χ4n) is 3.44. The topological polar surface area (TPSA) is 88.6 Å². The Labute approximate surface area is 175 Å². The van der Waals surface area contributed by atoms with E-state index in [1.165, 1.54) is 11.1 Å². The van der Waals surface area contributed by atoms with Crippen LogP contribution in [0.15, 0.2) is 47.2 Å². The number of aromatic nitrogens is 4. The number of pyridine rings is 1. The highest BCUT2D eigenvalue weighted by Crippen LogP contribution is 2.32. The van der Waals surface area contributed by atoms with Crippen molar-refractivity contribution in [3.63, 3.8) is 0 Å². The van der Waals surface area contributed by atoms with Gasteiger partial charge in [0.15, 0.2) is 0 Å². The number of carbonyl (C=O) groups excluding carboxylic acids is 1. The van der Waals surface area contributed by atoms with Crippen molar-refractivity contribution in [3.05, 3.63) is 59.5 Å². The van der Waals surface area contributed by atoms with Gasteiger partial charge in [-0.25, -0.2) is 13.8 Å². The lowest BCUT2D eigenvalue weighted by atomic mass is 10.1. The number of rotatable bonds is 4. The summed E-state index contributed by atoms with van der Waals surface area (Å²) in [5, 5.41) is 6.78. The summed E-state index contributed by atoms with van der Waals surface area (Å²) in [6.45, 7) is 2.94. The second-order valence-electron chi connectivity index (χ2n) is 7.67. The van der Waals surface area contributed by atoms with Crippen LogP contribution in [-0.2, 0) is 0 Å². The maximum atomic E-state index is 13.1. The fourth-order valence-corrected chi connectivity index (χ4v) is 3.44. The molecule has 0 aliphatic carbocycles. The molecule has 0 saturated carbocycles. The van der Waals surface area contributed by atoms with E-state index >= 15 is 0 Å². The Bertz CT molecular complexity index is 1300. The molecule has 0 bridgehead atoms. The highest BCUT2D eigenvalue weighted by Gasteiger charge is 2.46. The number of hydrogen-bond donors (Lipinski definition) is 1. The zero-order valence-corrected chi connectivity index (χ0v) is 16.8. The largest absolute Gasteiger partial charge is 0.324 e. The minimum absolute atomic E-state index is 0.0492. The summed E-state index contributed by atoms with van der Waals surface area (Å²) in [5.41, 5.74) is 4.15. The third kappa shape index (κ3) is 3.49. The van der Waals surface area contributed by atoms with Gasteiger partial charge < -0.3 is 14.7 Å². The Morgan fingerprint density at radius 3 is 2.77 bits per heavy atom. The smallest absolute Gasteiger partial charge is 0.320 e. The molecule has 1 amide bonds. The Morgan fingerprint density at radius 2 is 2.00 bits per heavy atom. The number of carbonyl (C=O) groups is 1. The average Bonchev–Trinajstić information content (AvgIpc) is 3.34. The summed E-state index contributed by atoms with van der Waals surface area (Å²) in [4.78, 5) is 22.7. The lowest BCUT2D eigenvalue weighted by Crippen LogP contribution is -2.56. The Hall–Kier alpha value is -3.82. The number of alkyl halides is 2. The van der Waals surface area contributed by atoms with Crippen molar-refractivity contribution in [2.45, 2.75) is 19.8 Å². The molecule has 0 radical (unpaired) electrons. The predicted octanol–water partition coefficient (Wildman–Crippen LogP) is 3.71. The van der Waals surface area contributed by atoms with E-state index < -0.39 is 19.0 Å². The van der Waals surface area contributed by atoms with Gasteiger partial charge in [0.05, 0.1) is 19.3 Å². The van der Waals surface area contributed by atoms with E-state index in [-0.39, 0.29) is 17.7 Å². The maximum Gasteiger partial charge on any atom is 0.324 e. The number of benzene rings is 1. The molecule has 1 N–H and O–H groups in total. The van der Waals surface area contributed by atoms with Crippen LogP contribution in [-0.4, -0.2) is 44.4 Å². The van der Waals surface area contributed by atoms with Gasteiger partial charge >= 0.3 is 6.01 Å². The van der Waals surface area contributed by atoms with Crippen molar-refractivity contribution in [2.75, 3.05) is 23.3 Å². The molecule has 1 aromatic carbocycles. The first-order chi connectivity index (χ1) is 14.8. The molecule has 3 aromatic heterocycles. The molecule has 4 aromatic rings. The van der Waals surface area contributed by atoms with Crippen LogP contribution in [0.5, 0.6) is 0 Å². The lowest BCUT2D eigenvalue weighted by Gasteiger charge is -2.36. The van der Waals surface area contributed by atoms with Crippen molar-refractivity contribution in [2.24, 2.45) is 0 Å². The summed E-state index contributed by atoms with van der Waals surface area (Å²) < 4.78 is 33.0. The van der Waals surface area contributed by atoms with Crippen LogP contribution in [0.3, 0.4) is 0 Å². The van der Waals surface area contributed by atoms with E-state index in [0.29, 0.717) is 22.6 Å². The first-order valence-corrected chi connectivity index (χ1v) is 9.62. The number of hydrogen-bond acceptors (Lipinski definition) is 6. The molecule has 4 heterocycles. The highest BCUT2D eigenvalue weighted by molar-refractivity contribution is 6.04. The molecule has 31 heavy (non-hydrogen) atoms. The van der Waals surface area contributed by atoms with Crippen molar-refractivity contribution in [3.8, 4) is 11.4 Å². The monoisotopic (exact) mass is 424 g/mol. The number of anilines is 2. The van der Waals surface area contributed by atoms with Gasteiger partial charge in [-0.15, -0.1) is 0 Å². The van der Waals surface area contributed by atoms with Crippen molar-refractivity contribution >= 4 is 23.3 Å². The highest BCUT2D eigenvalue weighted by atomic mass is 19.3. The van der Waals surface area contributed by atoms with Gasteiger partial charge in [0.1, 0.15) is 11.3 Å². The Balaban J connectivity index is 1.39. The lowest BCUT2D eigenvalue weighted by molar-refractivity contribution is -0.0293. The van der Waals surface area contributed by atoms with Crippen LogP contribution in [0.4, 0.5) is 20.5 Å². The number of aryl methyl sites for hydroxylation is 2. The molecule has 0 unspecified atom stereocenters. The number of fused-ring (bicyclic) bond motifs is 1. The zero-order chi connectivity index (χ0) is 21.8. The fraction of sp³-hybridized carbons (Fsp3) is 0.238. The van der Waals surface area contributed by atoms with Gasteiger partial charge in [0, 0.05) is 17.4 Å². The van der Waals surface area contributed by atoms with E-state index in [9.17, 15) is 13.6 Å². The van der Waals surface area contributed by atoms with Crippen LogP contribution in [0.2, 0.25) is 0 Å². The van der Waals surface area contributed by atoms with Crippen molar-refractivity contribution < 1.29 is 18.1 Å². The summed E-state index contributed by atoms with van der Waals surface area (Å²) in [6.07, 6.45) is 3.33. The number of nitrogens with one attached hydrogen (secondary N) is 1. The standard InChI is InChI=1S/C21H18F2N6O2/c1-12-5-6-29-16(9-24-17(29)7-12)19(30)25-15-8-14(4-3-13(15)2)18-26-20(31-27-18)28-10-21(22,23)11-28/h3-9H,10-11H2,1-2H3,(H,25,30). The average molecular weight is 424 g/mol. The van der Waals surface area contributed by atoms with Crippen LogP contribution in [0, 0.1) is 13.8 Å². The summed E-state index contributed by atoms with van der Waals surface area (Å²) in [7, 11) is 0. The molecule has 1 saturated heterocycles. The van der Waals surface area contributed by atoms with Crippen LogP contribution < -0.4 is 10.2 Å². The first-order valence-electron chi connectivity index (χ1n) is 9.62. The van der Waals surface area contributed by atoms with Crippen molar-refractivity contribution in [1.82, 2.24) is 19.5 Å². The van der Waals surface area contributed by atoms with Crippen LogP contribution >= 0.6 is 0 Å². The van der Waals surface area contributed by atoms with Gasteiger partial charge in [-0.1, -0.05) is 17.3 Å². The number of halogens is 2. The van der Waals surface area contributed by atoms with E-state index in [4.69, 9.17) is 4.52 Å². The second-order valence-corrected chi connectivity index (χ2v) is 7.67. The molecule has 0 spiro atoms. The van der Waals surface area contributed by atoms with Crippen molar-refractivity contribution in [1.29, 1.82) is 0 Å². The van der Waals surface area contributed by atoms with Crippen LogP contribution in [0.25, 0.3) is 17.0 Å². The van der Waals surface area contributed by atoms with E-state index in [0.717, 1.165) is 11.1 Å².